The minimum Gasteiger partial charge on any atom is -0.389 e. The van der Waals surface area contributed by atoms with Crippen LogP contribution in [0.1, 0.15) is 44.6 Å². The Hall–Kier alpha value is -0.610. The van der Waals surface area contributed by atoms with Crippen molar-refractivity contribution in [3.8, 4) is 0 Å². The van der Waals surface area contributed by atoms with Gasteiger partial charge in [0.15, 0.2) is 0 Å². The van der Waals surface area contributed by atoms with Crippen LogP contribution in [0.25, 0.3) is 0 Å². The number of rotatable bonds is 3. The Morgan fingerprint density at radius 1 is 1.33 bits per heavy atom. The lowest BCUT2D eigenvalue weighted by molar-refractivity contribution is 0.349. The highest BCUT2D eigenvalue weighted by Gasteiger charge is 2.26. The average molecular weight is 327 g/mol. The molecule has 0 heterocycles. The lowest BCUT2D eigenvalue weighted by Gasteiger charge is -2.36. The second-order valence-corrected chi connectivity index (χ2v) is 6.60. The Labute approximate surface area is 122 Å². The maximum atomic E-state index is 5.63. The molecule has 3 N–H and O–H groups in total. The van der Waals surface area contributed by atoms with Crippen LogP contribution < -0.4 is 11.1 Å². The summed E-state index contributed by atoms with van der Waals surface area (Å²) in [6.07, 6.45) is 6.45. The van der Waals surface area contributed by atoms with Gasteiger partial charge in [0.1, 0.15) is 4.99 Å². The largest absolute Gasteiger partial charge is 0.389 e. The van der Waals surface area contributed by atoms with Crippen LogP contribution in [0.5, 0.6) is 0 Å². The first kappa shape index (κ1) is 13.8. The first-order valence-electron chi connectivity index (χ1n) is 6.38. The maximum absolute atomic E-state index is 5.63. The van der Waals surface area contributed by atoms with Crippen LogP contribution in [-0.4, -0.2) is 10.5 Å². The molecule has 0 radical (unpaired) electrons. The summed E-state index contributed by atoms with van der Waals surface area (Å²) in [6.45, 7) is 2.31. The minimum absolute atomic E-state index is 0.214. The molecular weight excluding hydrogens is 308 g/mol. The molecular formula is C14H19BrN2S. The van der Waals surface area contributed by atoms with Gasteiger partial charge >= 0.3 is 0 Å². The Morgan fingerprint density at radius 2 is 2.00 bits per heavy atom. The summed E-state index contributed by atoms with van der Waals surface area (Å²) < 4.78 is 1.03. The van der Waals surface area contributed by atoms with E-state index in [0.29, 0.717) is 4.99 Å². The molecule has 0 amide bonds. The van der Waals surface area contributed by atoms with E-state index in [1.807, 2.05) is 12.1 Å². The average Bonchev–Trinajstić information content (AvgIpc) is 2.32. The summed E-state index contributed by atoms with van der Waals surface area (Å²) in [7, 11) is 0. The fourth-order valence-electron chi connectivity index (χ4n) is 2.55. The van der Waals surface area contributed by atoms with Gasteiger partial charge in [-0.05, 0) is 53.9 Å². The molecule has 0 aliphatic heterocycles. The van der Waals surface area contributed by atoms with Crippen LogP contribution in [0.15, 0.2) is 22.7 Å². The quantitative estimate of drug-likeness (QED) is 0.817. The van der Waals surface area contributed by atoms with Gasteiger partial charge in [0.05, 0.1) is 0 Å². The maximum Gasteiger partial charge on any atom is 0.104 e. The highest BCUT2D eigenvalue weighted by atomic mass is 79.9. The van der Waals surface area contributed by atoms with E-state index in [2.05, 4.69) is 34.2 Å². The van der Waals surface area contributed by atoms with Crippen LogP contribution in [0, 0.1) is 0 Å². The van der Waals surface area contributed by atoms with E-state index < -0.39 is 0 Å². The van der Waals surface area contributed by atoms with Crippen molar-refractivity contribution in [1.29, 1.82) is 0 Å². The van der Waals surface area contributed by atoms with Crippen molar-refractivity contribution in [2.75, 3.05) is 5.32 Å². The van der Waals surface area contributed by atoms with Gasteiger partial charge in [-0.15, -0.1) is 0 Å². The van der Waals surface area contributed by atoms with Gasteiger partial charge in [0.25, 0.3) is 0 Å². The summed E-state index contributed by atoms with van der Waals surface area (Å²) >= 11 is 8.57. The van der Waals surface area contributed by atoms with Gasteiger partial charge in [0, 0.05) is 21.3 Å². The van der Waals surface area contributed by atoms with E-state index in [-0.39, 0.29) is 5.54 Å². The zero-order valence-electron chi connectivity index (χ0n) is 10.6. The zero-order chi connectivity index (χ0) is 13.2. The lowest BCUT2D eigenvalue weighted by Crippen LogP contribution is -2.36. The first-order valence-corrected chi connectivity index (χ1v) is 7.58. The van der Waals surface area contributed by atoms with Crippen molar-refractivity contribution in [3.63, 3.8) is 0 Å². The highest BCUT2D eigenvalue weighted by Crippen LogP contribution is 2.34. The number of benzene rings is 1. The summed E-state index contributed by atoms with van der Waals surface area (Å²) in [5.74, 6) is 0. The molecule has 0 aromatic heterocycles. The number of nitrogens with two attached hydrogens (primary N) is 1. The molecule has 4 heteroatoms. The molecule has 1 saturated carbocycles. The predicted octanol–water partition coefficient (Wildman–Crippen LogP) is 4.22. The van der Waals surface area contributed by atoms with Crippen LogP contribution in [0.3, 0.4) is 0 Å². The Kier molecular flexibility index (Phi) is 4.28. The van der Waals surface area contributed by atoms with Crippen LogP contribution in [0.4, 0.5) is 5.69 Å². The fourth-order valence-corrected chi connectivity index (χ4v) is 3.16. The Bertz CT molecular complexity index is 453. The SMILES string of the molecule is CC1(Nc2ccc(C(N)=S)cc2Br)CCCCC1. The molecule has 1 aromatic rings. The molecule has 1 aliphatic carbocycles. The van der Waals surface area contributed by atoms with E-state index in [9.17, 15) is 0 Å². The van der Waals surface area contributed by atoms with E-state index in [4.69, 9.17) is 18.0 Å². The summed E-state index contributed by atoms with van der Waals surface area (Å²) in [6, 6.07) is 6.01. The third-order valence-corrected chi connectivity index (χ3v) is 4.54. The van der Waals surface area contributed by atoms with Gasteiger partial charge < -0.3 is 11.1 Å². The lowest BCUT2D eigenvalue weighted by atomic mass is 9.83. The van der Waals surface area contributed by atoms with Gasteiger partial charge in [0.2, 0.25) is 0 Å². The van der Waals surface area contributed by atoms with Gasteiger partial charge in [-0.3, -0.25) is 0 Å². The zero-order valence-corrected chi connectivity index (χ0v) is 13.0. The van der Waals surface area contributed by atoms with Gasteiger partial charge in [-0.1, -0.05) is 31.5 Å². The Morgan fingerprint density at radius 3 is 2.56 bits per heavy atom. The highest BCUT2D eigenvalue weighted by molar-refractivity contribution is 9.10. The van der Waals surface area contributed by atoms with Crippen molar-refractivity contribution >= 4 is 38.8 Å². The van der Waals surface area contributed by atoms with Crippen LogP contribution in [0.2, 0.25) is 0 Å². The molecule has 2 rings (SSSR count). The van der Waals surface area contributed by atoms with Crippen LogP contribution >= 0.6 is 28.1 Å². The van der Waals surface area contributed by atoms with Crippen LogP contribution in [-0.2, 0) is 0 Å². The van der Waals surface area contributed by atoms with Crippen molar-refractivity contribution < 1.29 is 0 Å². The van der Waals surface area contributed by atoms with E-state index >= 15 is 0 Å². The second-order valence-electron chi connectivity index (χ2n) is 5.31. The third kappa shape index (κ3) is 3.23. The smallest absolute Gasteiger partial charge is 0.104 e. The van der Waals surface area contributed by atoms with Crippen molar-refractivity contribution in [2.24, 2.45) is 5.73 Å². The number of hydrogen-bond acceptors (Lipinski definition) is 2. The van der Waals surface area contributed by atoms with Gasteiger partial charge in [-0.2, -0.15) is 0 Å². The summed E-state index contributed by atoms with van der Waals surface area (Å²) in [4.78, 5) is 0.436. The standard InChI is InChI=1S/C14H19BrN2S/c1-14(7-3-2-4-8-14)17-12-6-5-10(13(16)18)9-11(12)15/h5-6,9,17H,2-4,7-8H2,1H3,(H2,16,18). The van der Waals surface area contributed by atoms with E-state index in [1.165, 1.54) is 32.1 Å². The molecule has 2 nitrogen and oxygen atoms in total. The number of halogens is 1. The molecule has 1 aromatic carbocycles. The minimum atomic E-state index is 0.214. The molecule has 0 saturated heterocycles. The van der Waals surface area contributed by atoms with E-state index in [1.54, 1.807) is 0 Å². The predicted molar refractivity (Wildman–Crippen MR) is 85.1 cm³/mol. The number of anilines is 1. The summed E-state index contributed by atoms with van der Waals surface area (Å²) in [5, 5.41) is 3.66. The number of nitrogens with one attached hydrogen (secondary N) is 1. The van der Waals surface area contributed by atoms with E-state index in [0.717, 1.165) is 15.7 Å². The third-order valence-electron chi connectivity index (χ3n) is 3.65. The number of thiocarbonyl (C=S) groups is 1. The van der Waals surface area contributed by atoms with Crippen molar-refractivity contribution in [2.45, 2.75) is 44.6 Å². The molecule has 1 fully saturated rings. The van der Waals surface area contributed by atoms with Gasteiger partial charge in [-0.25, -0.2) is 0 Å². The fraction of sp³-hybridized carbons (Fsp3) is 0.500. The molecule has 98 valence electrons. The molecule has 0 unspecified atom stereocenters. The normalized spacial score (nSPS) is 18.3. The molecule has 18 heavy (non-hydrogen) atoms. The monoisotopic (exact) mass is 326 g/mol. The summed E-state index contributed by atoms with van der Waals surface area (Å²) in [5.41, 5.74) is 7.87. The Balaban J connectivity index is 2.16. The topological polar surface area (TPSA) is 38.0 Å². The second kappa shape index (κ2) is 5.57. The molecule has 0 atom stereocenters. The van der Waals surface area contributed by atoms with Crippen molar-refractivity contribution in [1.82, 2.24) is 0 Å². The molecule has 1 aliphatic rings. The molecule has 0 bridgehead atoms. The first-order chi connectivity index (χ1) is 8.50. The molecule has 0 spiro atoms. The van der Waals surface area contributed by atoms with Crippen molar-refractivity contribution in [3.05, 3.63) is 28.2 Å². The number of hydrogen-bond donors (Lipinski definition) is 2.